The Labute approximate surface area is 81.3 Å². The van der Waals surface area contributed by atoms with E-state index in [1.54, 1.807) is 5.51 Å². The molecule has 1 saturated heterocycles. The molecule has 2 heterocycles. The van der Waals surface area contributed by atoms with Gasteiger partial charge < -0.3 is 10.1 Å². The van der Waals surface area contributed by atoms with Crippen molar-refractivity contribution in [1.29, 1.82) is 0 Å². The number of aromatic nitrogens is 2. The first-order valence-electron chi connectivity index (χ1n) is 4.50. The van der Waals surface area contributed by atoms with E-state index in [2.05, 4.69) is 22.4 Å². The smallest absolute Gasteiger partial charge is 0.294 e. The van der Waals surface area contributed by atoms with E-state index < -0.39 is 0 Å². The molecule has 1 aliphatic heterocycles. The standard InChI is InChI=1S/C8H13N3OS/c1-6-2-3-9-4-7(6)12-8-11-10-5-13-8/h5-7,9H,2-4H2,1H3. The molecule has 0 bridgehead atoms. The van der Waals surface area contributed by atoms with E-state index in [9.17, 15) is 0 Å². The predicted molar refractivity (Wildman–Crippen MR) is 51.0 cm³/mol. The van der Waals surface area contributed by atoms with Crippen LogP contribution >= 0.6 is 11.3 Å². The van der Waals surface area contributed by atoms with Gasteiger partial charge in [-0.25, -0.2) is 0 Å². The van der Waals surface area contributed by atoms with E-state index in [0.717, 1.165) is 13.1 Å². The van der Waals surface area contributed by atoms with Gasteiger partial charge >= 0.3 is 0 Å². The van der Waals surface area contributed by atoms with E-state index in [4.69, 9.17) is 4.74 Å². The van der Waals surface area contributed by atoms with Crippen LogP contribution in [-0.4, -0.2) is 29.4 Å². The lowest BCUT2D eigenvalue weighted by Gasteiger charge is -2.28. The lowest BCUT2D eigenvalue weighted by molar-refractivity contribution is 0.113. The van der Waals surface area contributed by atoms with Crippen LogP contribution in [0.2, 0.25) is 0 Å². The van der Waals surface area contributed by atoms with Crippen molar-refractivity contribution in [3.63, 3.8) is 0 Å². The number of hydrogen-bond acceptors (Lipinski definition) is 5. The average molecular weight is 199 g/mol. The van der Waals surface area contributed by atoms with E-state index in [1.807, 2.05) is 0 Å². The molecule has 13 heavy (non-hydrogen) atoms. The van der Waals surface area contributed by atoms with Crippen molar-refractivity contribution in [2.75, 3.05) is 13.1 Å². The summed E-state index contributed by atoms with van der Waals surface area (Å²) in [6.07, 6.45) is 1.42. The van der Waals surface area contributed by atoms with Crippen LogP contribution in [0.1, 0.15) is 13.3 Å². The second kappa shape index (κ2) is 4.02. The highest BCUT2D eigenvalue weighted by Gasteiger charge is 2.23. The van der Waals surface area contributed by atoms with E-state index in [0.29, 0.717) is 11.1 Å². The molecule has 0 aliphatic carbocycles. The zero-order chi connectivity index (χ0) is 9.10. The molecule has 0 aromatic carbocycles. The van der Waals surface area contributed by atoms with E-state index in [1.165, 1.54) is 17.8 Å². The number of nitrogens with zero attached hydrogens (tertiary/aromatic N) is 2. The fourth-order valence-corrected chi connectivity index (χ4v) is 1.92. The van der Waals surface area contributed by atoms with Gasteiger partial charge in [-0.2, -0.15) is 0 Å². The molecule has 0 radical (unpaired) electrons. The molecular weight excluding hydrogens is 186 g/mol. The van der Waals surface area contributed by atoms with Crippen molar-refractivity contribution in [2.24, 2.45) is 5.92 Å². The molecule has 0 spiro atoms. The third-order valence-electron chi connectivity index (χ3n) is 2.35. The summed E-state index contributed by atoms with van der Waals surface area (Å²) in [4.78, 5) is 0. The summed E-state index contributed by atoms with van der Waals surface area (Å²) >= 11 is 1.45. The molecule has 2 unspecified atom stereocenters. The van der Waals surface area contributed by atoms with Gasteiger partial charge in [0.25, 0.3) is 5.19 Å². The zero-order valence-corrected chi connectivity index (χ0v) is 8.38. The van der Waals surface area contributed by atoms with Gasteiger partial charge in [-0.15, -0.1) is 10.2 Å². The van der Waals surface area contributed by atoms with Gasteiger partial charge in [0.15, 0.2) is 0 Å². The van der Waals surface area contributed by atoms with Gasteiger partial charge in [-0.05, 0) is 18.9 Å². The Bertz CT molecular complexity index is 252. The maximum atomic E-state index is 5.69. The normalized spacial score (nSPS) is 28.7. The van der Waals surface area contributed by atoms with Gasteiger partial charge in [-0.3, -0.25) is 0 Å². The predicted octanol–water partition coefficient (Wildman–Crippen LogP) is 0.915. The van der Waals surface area contributed by atoms with Crippen LogP contribution in [0.15, 0.2) is 5.51 Å². The highest BCUT2D eigenvalue weighted by atomic mass is 32.1. The molecule has 0 saturated carbocycles. The summed E-state index contributed by atoms with van der Waals surface area (Å²) in [6.45, 7) is 4.23. The van der Waals surface area contributed by atoms with Crippen molar-refractivity contribution in [1.82, 2.24) is 15.5 Å². The Kier molecular flexibility index (Phi) is 2.75. The van der Waals surface area contributed by atoms with Crippen LogP contribution in [0.3, 0.4) is 0 Å². The lowest BCUT2D eigenvalue weighted by Crippen LogP contribution is -2.42. The first-order chi connectivity index (χ1) is 6.36. The van der Waals surface area contributed by atoms with E-state index >= 15 is 0 Å². The molecule has 2 atom stereocenters. The van der Waals surface area contributed by atoms with Crippen molar-refractivity contribution in [2.45, 2.75) is 19.4 Å². The Morgan fingerprint density at radius 2 is 2.62 bits per heavy atom. The molecule has 1 fully saturated rings. The quantitative estimate of drug-likeness (QED) is 0.769. The monoisotopic (exact) mass is 199 g/mol. The summed E-state index contributed by atoms with van der Waals surface area (Å²) in [6, 6.07) is 0. The highest BCUT2D eigenvalue weighted by Crippen LogP contribution is 2.20. The van der Waals surface area contributed by atoms with Crippen LogP contribution in [0.5, 0.6) is 5.19 Å². The average Bonchev–Trinajstić information content (AvgIpc) is 2.61. The molecule has 1 aliphatic rings. The number of hydrogen-bond donors (Lipinski definition) is 1. The molecule has 2 rings (SSSR count). The highest BCUT2D eigenvalue weighted by molar-refractivity contribution is 7.11. The Balaban J connectivity index is 1.93. The largest absolute Gasteiger partial charge is 0.464 e. The fraction of sp³-hybridized carbons (Fsp3) is 0.750. The van der Waals surface area contributed by atoms with Gasteiger partial charge in [0.2, 0.25) is 0 Å². The van der Waals surface area contributed by atoms with Crippen LogP contribution in [0.25, 0.3) is 0 Å². The summed E-state index contributed by atoms with van der Waals surface area (Å²) < 4.78 is 5.69. The Morgan fingerprint density at radius 1 is 1.69 bits per heavy atom. The SMILES string of the molecule is CC1CCNCC1Oc1nncs1. The molecule has 5 heteroatoms. The van der Waals surface area contributed by atoms with Crippen molar-refractivity contribution in [3.8, 4) is 5.19 Å². The molecule has 4 nitrogen and oxygen atoms in total. The molecular formula is C8H13N3OS. The van der Waals surface area contributed by atoms with Crippen LogP contribution < -0.4 is 10.1 Å². The molecule has 72 valence electrons. The first-order valence-corrected chi connectivity index (χ1v) is 5.38. The minimum absolute atomic E-state index is 0.252. The number of ether oxygens (including phenoxy) is 1. The third kappa shape index (κ3) is 2.16. The van der Waals surface area contributed by atoms with Gasteiger partial charge in [0, 0.05) is 6.54 Å². The van der Waals surface area contributed by atoms with Crippen LogP contribution in [0.4, 0.5) is 0 Å². The number of nitrogens with one attached hydrogen (secondary N) is 1. The maximum absolute atomic E-state index is 5.69. The number of piperidine rings is 1. The van der Waals surface area contributed by atoms with Gasteiger partial charge in [0.05, 0.1) is 0 Å². The minimum atomic E-state index is 0.252. The fourth-order valence-electron chi connectivity index (χ4n) is 1.46. The zero-order valence-electron chi connectivity index (χ0n) is 7.56. The maximum Gasteiger partial charge on any atom is 0.294 e. The lowest BCUT2D eigenvalue weighted by atomic mass is 9.97. The van der Waals surface area contributed by atoms with Crippen molar-refractivity contribution < 1.29 is 4.74 Å². The first kappa shape index (κ1) is 8.90. The molecule has 1 aromatic rings. The molecule has 0 amide bonds. The summed E-state index contributed by atoms with van der Waals surface area (Å²) in [5.41, 5.74) is 1.69. The Morgan fingerprint density at radius 3 is 3.31 bits per heavy atom. The van der Waals surface area contributed by atoms with Crippen molar-refractivity contribution >= 4 is 11.3 Å². The van der Waals surface area contributed by atoms with Gasteiger partial charge in [0.1, 0.15) is 11.6 Å². The topological polar surface area (TPSA) is 47.0 Å². The Hall–Kier alpha value is -0.680. The summed E-state index contributed by atoms with van der Waals surface area (Å²) in [5, 5.41) is 11.6. The molecule has 1 N–H and O–H groups in total. The minimum Gasteiger partial charge on any atom is -0.464 e. The molecule has 1 aromatic heterocycles. The summed E-state index contributed by atoms with van der Waals surface area (Å²) in [7, 11) is 0. The second-order valence-corrected chi connectivity index (χ2v) is 4.13. The van der Waals surface area contributed by atoms with E-state index in [-0.39, 0.29) is 6.10 Å². The van der Waals surface area contributed by atoms with Gasteiger partial charge in [-0.1, -0.05) is 18.3 Å². The van der Waals surface area contributed by atoms with Crippen LogP contribution in [-0.2, 0) is 0 Å². The summed E-state index contributed by atoms with van der Waals surface area (Å²) in [5.74, 6) is 0.602. The second-order valence-electron chi connectivity index (χ2n) is 3.33. The third-order valence-corrected chi connectivity index (χ3v) is 2.93. The van der Waals surface area contributed by atoms with Crippen LogP contribution in [0, 0.1) is 5.92 Å². The number of rotatable bonds is 2. The van der Waals surface area contributed by atoms with Crippen molar-refractivity contribution in [3.05, 3.63) is 5.51 Å².